The zero-order valence-electron chi connectivity index (χ0n) is 10.6. The van der Waals surface area contributed by atoms with Gasteiger partial charge in [0.25, 0.3) is 0 Å². The van der Waals surface area contributed by atoms with Gasteiger partial charge in [-0.05, 0) is 30.7 Å². The molecule has 1 aromatic rings. The Labute approximate surface area is 99.7 Å². The van der Waals surface area contributed by atoms with Gasteiger partial charge in [-0.2, -0.15) is 0 Å². The zero-order valence-corrected chi connectivity index (χ0v) is 10.6. The molecule has 16 heavy (non-hydrogen) atoms. The highest BCUT2D eigenvalue weighted by molar-refractivity contribution is 5.48. The average molecular weight is 214 g/mol. The van der Waals surface area contributed by atoms with Crippen molar-refractivity contribution >= 4 is 6.08 Å². The van der Waals surface area contributed by atoms with Gasteiger partial charge in [-0.25, -0.2) is 0 Å². The van der Waals surface area contributed by atoms with E-state index >= 15 is 0 Å². The first-order chi connectivity index (χ1) is 7.61. The van der Waals surface area contributed by atoms with Gasteiger partial charge in [0.1, 0.15) is 0 Å². The lowest BCUT2D eigenvalue weighted by Crippen LogP contribution is -2.08. The van der Waals surface area contributed by atoms with Crippen molar-refractivity contribution in [2.24, 2.45) is 11.8 Å². The molecule has 0 saturated carbocycles. The lowest BCUT2D eigenvalue weighted by molar-refractivity contribution is 0.449. The summed E-state index contributed by atoms with van der Waals surface area (Å²) in [7, 11) is 0. The van der Waals surface area contributed by atoms with Gasteiger partial charge in [0.2, 0.25) is 0 Å². The molecule has 0 fully saturated rings. The minimum atomic E-state index is 0.597. The predicted octanol–water partition coefficient (Wildman–Crippen LogP) is 4.94. The molecule has 0 aliphatic carbocycles. The highest BCUT2D eigenvalue weighted by atomic mass is 14.2. The van der Waals surface area contributed by atoms with Crippen molar-refractivity contribution < 1.29 is 0 Å². The van der Waals surface area contributed by atoms with Gasteiger partial charge < -0.3 is 0 Å². The molecule has 0 saturated heterocycles. The monoisotopic (exact) mass is 214 g/mol. The van der Waals surface area contributed by atoms with E-state index in [0.717, 1.165) is 6.42 Å². The normalized spacial score (nSPS) is 13.2. The van der Waals surface area contributed by atoms with E-state index in [1.807, 2.05) is 6.07 Å². The Hall–Kier alpha value is -1.30. The molecule has 0 N–H and O–H groups in total. The summed E-state index contributed by atoms with van der Waals surface area (Å²) < 4.78 is 0. The smallest absolute Gasteiger partial charge is 0.0151 e. The van der Waals surface area contributed by atoms with Crippen molar-refractivity contribution in [1.82, 2.24) is 0 Å². The van der Waals surface area contributed by atoms with Crippen LogP contribution in [0.15, 0.2) is 48.6 Å². The zero-order chi connectivity index (χ0) is 12.0. The van der Waals surface area contributed by atoms with Crippen LogP contribution in [0.2, 0.25) is 0 Å². The quantitative estimate of drug-likeness (QED) is 0.609. The summed E-state index contributed by atoms with van der Waals surface area (Å²) in [4.78, 5) is 0. The summed E-state index contributed by atoms with van der Waals surface area (Å²) in [5.41, 5.74) is 2.56. The van der Waals surface area contributed by atoms with Gasteiger partial charge in [-0.15, -0.1) is 0 Å². The van der Waals surface area contributed by atoms with Gasteiger partial charge in [0.05, 0.1) is 0 Å². The molecule has 86 valence electrons. The highest BCUT2D eigenvalue weighted by Crippen LogP contribution is 2.23. The Bertz CT molecular complexity index is 344. The molecule has 0 nitrogen and oxygen atoms in total. The van der Waals surface area contributed by atoms with Crippen molar-refractivity contribution in [2.75, 3.05) is 0 Å². The van der Waals surface area contributed by atoms with Gasteiger partial charge in [0.15, 0.2) is 0 Å². The molecule has 0 radical (unpaired) electrons. The van der Waals surface area contributed by atoms with Gasteiger partial charge >= 0.3 is 0 Å². The van der Waals surface area contributed by atoms with Gasteiger partial charge in [-0.1, -0.05) is 68.5 Å². The van der Waals surface area contributed by atoms with E-state index in [9.17, 15) is 0 Å². The molecule has 0 aromatic heterocycles. The molecule has 0 spiro atoms. The van der Waals surface area contributed by atoms with Crippen molar-refractivity contribution in [3.63, 3.8) is 0 Å². The third kappa shape index (κ3) is 4.06. The lowest BCUT2D eigenvalue weighted by Gasteiger charge is -2.19. The molecule has 1 rings (SSSR count). The van der Waals surface area contributed by atoms with E-state index in [1.54, 1.807) is 0 Å². The van der Waals surface area contributed by atoms with Crippen LogP contribution < -0.4 is 0 Å². The van der Waals surface area contributed by atoms with Crippen molar-refractivity contribution in [3.8, 4) is 0 Å². The number of rotatable bonds is 5. The van der Waals surface area contributed by atoms with Crippen molar-refractivity contribution in [1.29, 1.82) is 0 Å². The summed E-state index contributed by atoms with van der Waals surface area (Å²) in [6, 6.07) is 10.4. The summed E-state index contributed by atoms with van der Waals surface area (Å²) in [6.45, 7) is 10.7. The molecule has 1 aromatic carbocycles. The van der Waals surface area contributed by atoms with E-state index in [1.165, 1.54) is 11.1 Å². The molecule has 0 amide bonds. The number of benzene rings is 1. The Morgan fingerprint density at radius 1 is 1.25 bits per heavy atom. The van der Waals surface area contributed by atoms with E-state index in [4.69, 9.17) is 0 Å². The third-order valence-electron chi connectivity index (χ3n) is 2.94. The molecule has 0 aliphatic heterocycles. The van der Waals surface area contributed by atoms with Crippen molar-refractivity contribution in [3.05, 3.63) is 54.1 Å². The first kappa shape index (κ1) is 12.8. The van der Waals surface area contributed by atoms with E-state index < -0.39 is 0 Å². The average Bonchev–Trinajstić information content (AvgIpc) is 2.24. The summed E-state index contributed by atoms with van der Waals surface area (Å²) >= 11 is 0. The highest BCUT2D eigenvalue weighted by Gasteiger charge is 2.11. The maximum Gasteiger partial charge on any atom is -0.0151 e. The first-order valence-electron chi connectivity index (χ1n) is 5.98. The summed E-state index contributed by atoms with van der Waals surface area (Å²) in [5.74, 6) is 1.26. The summed E-state index contributed by atoms with van der Waals surface area (Å²) in [5, 5.41) is 0. The van der Waals surface area contributed by atoms with Crippen LogP contribution in [0.1, 0.15) is 32.8 Å². The maximum absolute atomic E-state index is 4.07. The number of hydrogen-bond donors (Lipinski definition) is 0. The Morgan fingerprint density at radius 2 is 1.88 bits per heavy atom. The Kier molecular flexibility index (Phi) is 5.04. The second-order valence-electron chi connectivity index (χ2n) is 4.75. The predicted molar refractivity (Wildman–Crippen MR) is 73.2 cm³/mol. The minimum Gasteiger partial charge on any atom is -0.0998 e. The molecule has 0 aliphatic rings. The molecule has 1 unspecified atom stereocenters. The second-order valence-corrected chi connectivity index (χ2v) is 4.75. The standard InChI is InChI=1S/C16H22/c1-13(2)16(14(3)4)12-8-11-15-9-6-5-7-10-15/h5-11,14,16H,1,12H2,2-4H3. The fourth-order valence-corrected chi connectivity index (χ4v) is 1.96. The van der Waals surface area contributed by atoms with E-state index in [0.29, 0.717) is 11.8 Å². The van der Waals surface area contributed by atoms with Crippen LogP contribution in [-0.2, 0) is 0 Å². The lowest BCUT2D eigenvalue weighted by atomic mass is 9.87. The summed E-state index contributed by atoms with van der Waals surface area (Å²) in [6.07, 6.45) is 5.54. The van der Waals surface area contributed by atoms with Gasteiger partial charge in [0, 0.05) is 0 Å². The fraction of sp³-hybridized carbons (Fsp3) is 0.375. The van der Waals surface area contributed by atoms with Crippen LogP contribution in [0.4, 0.5) is 0 Å². The second kappa shape index (κ2) is 6.32. The molecular weight excluding hydrogens is 192 g/mol. The SMILES string of the molecule is C=C(C)C(CC=Cc1ccccc1)C(C)C. The van der Waals surface area contributed by atoms with Crippen LogP contribution in [0, 0.1) is 11.8 Å². The number of allylic oxidation sites excluding steroid dienone is 2. The van der Waals surface area contributed by atoms with Crippen LogP contribution in [0.3, 0.4) is 0 Å². The molecular formula is C16H22. The minimum absolute atomic E-state index is 0.597. The molecule has 0 heterocycles. The Balaban J connectivity index is 2.56. The number of hydrogen-bond acceptors (Lipinski definition) is 0. The van der Waals surface area contributed by atoms with Crippen LogP contribution in [-0.4, -0.2) is 0 Å². The molecule has 0 heteroatoms. The van der Waals surface area contributed by atoms with Crippen LogP contribution >= 0.6 is 0 Å². The fourth-order valence-electron chi connectivity index (χ4n) is 1.96. The van der Waals surface area contributed by atoms with Crippen LogP contribution in [0.5, 0.6) is 0 Å². The Morgan fingerprint density at radius 3 is 2.38 bits per heavy atom. The van der Waals surface area contributed by atoms with E-state index in [-0.39, 0.29) is 0 Å². The van der Waals surface area contributed by atoms with Gasteiger partial charge in [-0.3, -0.25) is 0 Å². The largest absolute Gasteiger partial charge is 0.0998 e. The first-order valence-corrected chi connectivity index (χ1v) is 5.98. The maximum atomic E-state index is 4.07. The van der Waals surface area contributed by atoms with Crippen molar-refractivity contribution in [2.45, 2.75) is 27.2 Å². The molecule has 1 atom stereocenters. The topological polar surface area (TPSA) is 0 Å². The third-order valence-corrected chi connectivity index (χ3v) is 2.94. The molecule has 0 bridgehead atoms. The van der Waals surface area contributed by atoms with E-state index in [2.05, 4.69) is 63.8 Å². The van der Waals surface area contributed by atoms with Crippen LogP contribution in [0.25, 0.3) is 6.08 Å².